The number of anilines is 1. The summed E-state index contributed by atoms with van der Waals surface area (Å²) in [6, 6.07) is 3.92. The number of halogens is 1. The van der Waals surface area contributed by atoms with Gasteiger partial charge in [0.2, 0.25) is 5.91 Å². The molecule has 2 saturated heterocycles. The molecule has 0 unspecified atom stereocenters. The summed E-state index contributed by atoms with van der Waals surface area (Å²) >= 11 is 6.73. The van der Waals surface area contributed by atoms with E-state index < -0.39 is 47.1 Å². The van der Waals surface area contributed by atoms with Gasteiger partial charge >= 0.3 is 5.97 Å². The molecule has 4 rings (SSSR count). The van der Waals surface area contributed by atoms with E-state index in [1.54, 1.807) is 33.9 Å². The Morgan fingerprint density at radius 3 is 2.59 bits per heavy atom. The minimum absolute atomic E-state index is 0.115. The molecule has 0 aliphatic carbocycles. The minimum atomic E-state index is -1.51. The Morgan fingerprint density at radius 2 is 1.95 bits per heavy atom. The summed E-state index contributed by atoms with van der Waals surface area (Å²) in [6.07, 6.45) is 3.76. The SMILES string of the molecule is C=C1N[C@]2(O)C[C@H](O1)[C@@H](C)[C@@H]1O[C@@]1(C)[C@@H](OC(=O)C(C)(C)C)CC(=O)N(C)c1cc(cc(C)c1Cl)C/C(C)=C/C=C/[C@H]2OC. The van der Waals surface area contributed by atoms with Gasteiger partial charge in [0.25, 0.3) is 0 Å². The van der Waals surface area contributed by atoms with Crippen LogP contribution in [0.25, 0.3) is 0 Å². The predicted octanol–water partition coefficient (Wildman–Crippen LogP) is 5.36. The lowest BCUT2D eigenvalue weighted by molar-refractivity contribution is -0.163. The Bertz CT molecular complexity index is 1370. The molecule has 3 heterocycles. The average Bonchev–Trinajstić information content (AvgIpc) is 3.62. The van der Waals surface area contributed by atoms with Crippen LogP contribution in [-0.4, -0.2) is 66.9 Å². The number of esters is 1. The van der Waals surface area contributed by atoms with Crippen molar-refractivity contribution in [3.8, 4) is 0 Å². The van der Waals surface area contributed by atoms with Gasteiger partial charge in [-0.05, 0) is 71.7 Å². The van der Waals surface area contributed by atoms with Crippen LogP contribution in [0.5, 0.6) is 0 Å². The van der Waals surface area contributed by atoms with Crippen molar-refractivity contribution in [1.82, 2.24) is 5.32 Å². The zero-order valence-corrected chi connectivity index (χ0v) is 28.1. The molecule has 10 heteroatoms. The maximum Gasteiger partial charge on any atom is 0.311 e. The number of allylic oxidation sites excluding steroid dienone is 3. The summed E-state index contributed by atoms with van der Waals surface area (Å²) in [4.78, 5) is 28.5. The molecule has 1 aromatic carbocycles. The summed E-state index contributed by atoms with van der Waals surface area (Å²) in [5.74, 6) is -0.762. The van der Waals surface area contributed by atoms with Gasteiger partial charge in [0.05, 0.1) is 28.6 Å². The summed E-state index contributed by atoms with van der Waals surface area (Å²) in [5.41, 5.74) is 0.185. The van der Waals surface area contributed by atoms with Gasteiger partial charge in [-0.3, -0.25) is 9.59 Å². The van der Waals surface area contributed by atoms with Crippen molar-refractivity contribution in [3.63, 3.8) is 0 Å². The second kappa shape index (κ2) is 12.5. The van der Waals surface area contributed by atoms with Crippen LogP contribution < -0.4 is 10.2 Å². The van der Waals surface area contributed by atoms with Crippen molar-refractivity contribution in [2.75, 3.05) is 19.1 Å². The number of amides is 1. The lowest BCUT2D eigenvalue weighted by atomic mass is 9.83. The largest absolute Gasteiger partial charge is 0.476 e. The molecule has 44 heavy (non-hydrogen) atoms. The van der Waals surface area contributed by atoms with Crippen molar-refractivity contribution in [2.24, 2.45) is 11.3 Å². The minimum Gasteiger partial charge on any atom is -0.476 e. The number of epoxide rings is 1. The lowest BCUT2D eigenvalue weighted by Gasteiger charge is -2.44. The first-order chi connectivity index (χ1) is 20.4. The average molecular weight is 631 g/mol. The van der Waals surface area contributed by atoms with E-state index in [1.807, 2.05) is 52.0 Å². The van der Waals surface area contributed by atoms with E-state index in [0.29, 0.717) is 17.1 Å². The van der Waals surface area contributed by atoms with Crippen LogP contribution in [0.15, 0.2) is 48.4 Å². The number of methoxy groups -OCH3 is 1. The highest BCUT2D eigenvalue weighted by atomic mass is 35.5. The van der Waals surface area contributed by atoms with Gasteiger partial charge in [0.1, 0.15) is 23.9 Å². The molecule has 3 aliphatic heterocycles. The van der Waals surface area contributed by atoms with E-state index in [2.05, 4.69) is 11.9 Å². The molecule has 0 radical (unpaired) electrons. The Labute approximate surface area is 266 Å². The molecule has 0 aromatic heterocycles. The van der Waals surface area contributed by atoms with Gasteiger partial charge in [-0.25, -0.2) is 0 Å². The van der Waals surface area contributed by atoms with Crippen LogP contribution in [0.1, 0.15) is 65.5 Å². The third-order valence-corrected chi connectivity index (χ3v) is 9.37. The van der Waals surface area contributed by atoms with Gasteiger partial charge in [-0.2, -0.15) is 0 Å². The van der Waals surface area contributed by atoms with Crippen molar-refractivity contribution in [2.45, 2.75) is 103 Å². The molecular formula is C34H47ClN2O7. The smallest absolute Gasteiger partial charge is 0.311 e. The zero-order valence-electron chi connectivity index (χ0n) is 27.3. The monoisotopic (exact) mass is 630 g/mol. The van der Waals surface area contributed by atoms with Crippen LogP contribution in [0.3, 0.4) is 0 Å². The predicted molar refractivity (Wildman–Crippen MR) is 170 cm³/mol. The van der Waals surface area contributed by atoms with Crippen molar-refractivity contribution >= 4 is 29.2 Å². The maximum absolute atomic E-state index is 13.9. The molecule has 2 N–H and O–H groups in total. The van der Waals surface area contributed by atoms with Gasteiger partial charge < -0.3 is 34.3 Å². The topological polar surface area (TPSA) is 110 Å². The number of carbonyl (C=O) groups is 2. The molecule has 4 bridgehead atoms. The molecule has 0 saturated carbocycles. The molecule has 9 nitrogen and oxygen atoms in total. The van der Waals surface area contributed by atoms with E-state index in [9.17, 15) is 14.7 Å². The van der Waals surface area contributed by atoms with E-state index in [-0.39, 0.29) is 30.5 Å². The number of carbonyl (C=O) groups excluding carboxylic acids is 2. The first-order valence-electron chi connectivity index (χ1n) is 15.1. The van der Waals surface area contributed by atoms with E-state index >= 15 is 0 Å². The summed E-state index contributed by atoms with van der Waals surface area (Å²) < 4.78 is 24.1. The molecule has 1 aromatic rings. The van der Waals surface area contributed by atoms with Crippen LogP contribution >= 0.6 is 11.6 Å². The second-order valence-corrected chi connectivity index (χ2v) is 14.1. The summed E-state index contributed by atoms with van der Waals surface area (Å²) in [5, 5.41) is 15.2. The van der Waals surface area contributed by atoms with Crippen LogP contribution in [-0.2, 0) is 35.0 Å². The lowest BCUT2D eigenvalue weighted by Crippen LogP contribution is -2.60. The number of ether oxygens (including phenoxy) is 4. The van der Waals surface area contributed by atoms with E-state index in [0.717, 1.165) is 16.7 Å². The maximum atomic E-state index is 13.9. The Hall–Kier alpha value is -2.85. The number of rotatable bonds is 2. The normalized spacial score (nSPS) is 35.0. The number of nitrogens with zero attached hydrogens (tertiary/aromatic N) is 1. The number of aryl methyl sites for hydroxylation is 1. The molecule has 3 aliphatic rings. The fourth-order valence-electron chi connectivity index (χ4n) is 6.06. The Kier molecular flexibility index (Phi) is 9.67. The van der Waals surface area contributed by atoms with Gasteiger partial charge in [-0.15, -0.1) is 0 Å². The number of hydrogen-bond donors (Lipinski definition) is 2. The van der Waals surface area contributed by atoms with Crippen molar-refractivity contribution in [1.29, 1.82) is 0 Å². The Morgan fingerprint density at radius 1 is 1.27 bits per heavy atom. The zero-order chi connectivity index (χ0) is 32.8. The first-order valence-corrected chi connectivity index (χ1v) is 15.4. The third kappa shape index (κ3) is 7.01. The third-order valence-electron chi connectivity index (χ3n) is 8.88. The fraction of sp³-hybridized carbons (Fsp3) is 0.588. The van der Waals surface area contributed by atoms with Crippen LogP contribution in [0.2, 0.25) is 5.02 Å². The van der Waals surface area contributed by atoms with Gasteiger partial charge in [-0.1, -0.05) is 48.4 Å². The number of fused-ring (bicyclic) bond motifs is 5. The highest BCUT2D eigenvalue weighted by Gasteiger charge is 2.64. The number of nitrogens with one attached hydrogen (secondary N) is 1. The van der Waals surface area contributed by atoms with Crippen LogP contribution in [0.4, 0.5) is 5.69 Å². The highest BCUT2D eigenvalue weighted by Crippen LogP contribution is 2.49. The summed E-state index contributed by atoms with van der Waals surface area (Å²) in [6.45, 7) is 17.0. The van der Waals surface area contributed by atoms with Crippen molar-refractivity contribution in [3.05, 3.63) is 64.5 Å². The van der Waals surface area contributed by atoms with Gasteiger partial charge in [0, 0.05) is 26.5 Å². The molecular weight excluding hydrogens is 584 g/mol. The first kappa shape index (κ1) is 34.0. The second-order valence-electron chi connectivity index (χ2n) is 13.7. The molecule has 0 spiro atoms. The van der Waals surface area contributed by atoms with E-state index in [4.69, 9.17) is 30.5 Å². The highest BCUT2D eigenvalue weighted by molar-refractivity contribution is 6.34. The molecule has 7 atom stereocenters. The molecule has 2 fully saturated rings. The number of aliphatic hydroxyl groups is 1. The standard InChI is InChI=1S/C34H47ClN2O7/c1-19-12-11-13-26(41-10)34(40)18-25(42-22(4)36-34)21(3)30-33(8,44-30)27(43-31(39)32(5,6)7)17-28(38)37(9)24-16-23(14-19)15-20(2)29(24)35/h11-13,15-16,21,25-27,30,36,40H,4,14,17-18H2,1-3,5-10H3/b13-11+,19-12+/t21-,25+,26-,27+,30+,33+,34+/m1/s1. The molecule has 242 valence electrons. The van der Waals surface area contributed by atoms with Gasteiger partial charge in [0.15, 0.2) is 11.6 Å². The Balaban J connectivity index is 1.79. The number of benzene rings is 1. The number of hydrogen-bond acceptors (Lipinski definition) is 8. The van der Waals surface area contributed by atoms with Crippen LogP contribution in [0, 0.1) is 18.3 Å². The fourth-order valence-corrected chi connectivity index (χ4v) is 6.29. The quantitative estimate of drug-likeness (QED) is 0.332. The van der Waals surface area contributed by atoms with Crippen molar-refractivity contribution < 1.29 is 33.6 Å². The summed E-state index contributed by atoms with van der Waals surface area (Å²) in [7, 11) is 3.22. The van der Waals surface area contributed by atoms with E-state index in [1.165, 1.54) is 12.0 Å². The molecule has 1 amide bonds.